The molecule has 0 radical (unpaired) electrons. The molecule has 1 atom stereocenters. The van der Waals surface area contributed by atoms with Crippen LogP contribution in [0, 0.1) is 5.41 Å². The molecular formula is C15H27NO2. The Morgan fingerprint density at radius 1 is 1.17 bits per heavy atom. The van der Waals surface area contributed by atoms with E-state index < -0.39 is 0 Å². The lowest BCUT2D eigenvalue weighted by molar-refractivity contribution is -0.00126. The molecule has 0 bridgehead atoms. The van der Waals surface area contributed by atoms with Crippen LogP contribution < -0.4 is 0 Å². The predicted octanol–water partition coefficient (Wildman–Crippen LogP) is 1.96. The first kappa shape index (κ1) is 15.4. The van der Waals surface area contributed by atoms with Crippen molar-refractivity contribution in [3.8, 4) is 0 Å². The quantitative estimate of drug-likeness (QED) is 0.729. The molecule has 18 heavy (non-hydrogen) atoms. The SMILES string of the molecule is CCC(C)(C)C1(N(CCO)CCO)C=CC=CC1. The first-order chi connectivity index (χ1) is 8.54. The van der Waals surface area contributed by atoms with Gasteiger partial charge in [0.2, 0.25) is 0 Å². The van der Waals surface area contributed by atoms with E-state index in [1.54, 1.807) is 0 Å². The van der Waals surface area contributed by atoms with E-state index in [1.165, 1.54) is 0 Å². The zero-order valence-electron chi connectivity index (χ0n) is 11.9. The predicted molar refractivity (Wildman–Crippen MR) is 75.4 cm³/mol. The standard InChI is InChI=1S/C15H27NO2/c1-4-14(2,3)15(8-6-5-7-9-15)16(10-12-17)11-13-18/h5-8,17-18H,4,9-13H2,1-3H3. The van der Waals surface area contributed by atoms with Crippen molar-refractivity contribution in [2.75, 3.05) is 26.3 Å². The van der Waals surface area contributed by atoms with Crippen molar-refractivity contribution in [2.45, 2.75) is 39.2 Å². The molecule has 1 rings (SSSR count). The Kier molecular flexibility index (Phi) is 5.57. The van der Waals surface area contributed by atoms with E-state index in [0.717, 1.165) is 12.8 Å². The summed E-state index contributed by atoms with van der Waals surface area (Å²) in [6, 6.07) is 0. The fourth-order valence-electron chi connectivity index (χ4n) is 2.83. The first-order valence-corrected chi connectivity index (χ1v) is 6.85. The Bertz CT molecular complexity index is 304. The summed E-state index contributed by atoms with van der Waals surface area (Å²) in [6.45, 7) is 8.17. The van der Waals surface area contributed by atoms with Crippen LogP contribution in [-0.2, 0) is 0 Å². The molecule has 104 valence electrons. The van der Waals surface area contributed by atoms with E-state index in [2.05, 4.69) is 50.0 Å². The van der Waals surface area contributed by atoms with Gasteiger partial charge in [0.25, 0.3) is 0 Å². The van der Waals surface area contributed by atoms with E-state index in [4.69, 9.17) is 0 Å². The average Bonchev–Trinajstić information content (AvgIpc) is 2.39. The highest BCUT2D eigenvalue weighted by Crippen LogP contribution is 2.44. The summed E-state index contributed by atoms with van der Waals surface area (Å²) < 4.78 is 0. The number of rotatable bonds is 7. The topological polar surface area (TPSA) is 43.7 Å². The number of β-amino-alcohol motifs (C(OH)–C–C–N with tert-alkyl or cyclic N) is 2. The molecule has 3 nitrogen and oxygen atoms in total. The second kappa shape index (κ2) is 6.50. The van der Waals surface area contributed by atoms with Crippen LogP contribution in [0.25, 0.3) is 0 Å². The van der Waals surface area contributed by atoms with Crippen molar-refractivity contribution >= 4 is 0 Å². The van der Waals surface area contributed by atoms with Crippen LogP contribution >= 0.6 is 0 Å². The van der Waals surface area contributed by atoms with Gasteiger partial charge in [-0.25, -0.2) is 0 Å². The molecular weight excluding hydrogens is 226 g/mol. The Hall–Kier alpha value is -0.640. The summed E-state index contributed by atoms with van der Waals surface area (Å²) in [5.74, 6) is 0. The molecule has 0 saturated carbocycles. The molecule has 0 spiro atoms. The lowest BCUT2D eigenvalue weighted by atomic mass is 9.66. The van der Waals surface area contributed by atoms with Crippen molar-refractivity contribution in [1.82, 2.24) is 4.90 Å². The van der Waals surface area contributed by atoms with Crippen LogP contribution in [-0.4, -0.2) is 47.0 Å². The highest BCUT2D eigenvalue weighted by atomic mass is 16.3. The summed E-state index contributed by atoms with van der Waals surface area (Å²) in [6.07, 6.45) is 10.6. The monoisotopic (exact) mass is 253 g/mol. The van der Waals surface area contributed by atoms with Crippen LogP contribution in [0.5, 0.6) is 0 Å². The van der Waals surface area contributed by atoms with Gasteiger partial charge in [-0.2, -0.15) is 0 Å². The Balaban J connectivity index is 3.10. The zero-order valence-corrected chi connectivity index (χ0v) is 11.9. The molecule has 0 aromatic rings. The minimum absolute atomic E-state index is 0.0958. The maximum Gasteiger partial charge on any atom is 0.0558 e. The van der Waals surface area contributed by atoms with Crippen molar-refractivity contribution in [3.63, 3.8) is 0 Å². The number of nitrogens with zero attached hydrogens (tertiary/aromatic N) is 1. The molecule has 1 aliphatic rings. The Morgan fingerprint density at radius 3 is 2.17 bits per heavy atom. The molecule has 3 heteroatoms. The summed E-state index contributed by atoms with van der Waals surface area (Å²) in [5.41, 5.74) is -0.0133. The third-order valence-electron chi connectivity index (χ3n) is 4.41. The molecule has 0 aliphatic heterocycles. The fourth-order valence-corrected chi connectivity index (χ4v) is 2.83. The second-order valence-electron chi connectivity index (χ2n) is 5.59. The fraction of sp³-hybridized carbons (Fsp3) is 0.733. The van der Waals surface area contributed by atoms with Crippen LogP contribution in [0.4, 0.5) is 0 Å². The summed E-state index contributed by atoms with van der Waals surface area (Å²) in [5, 5.41) is 18.6. The van der Waals surface area contributed by atoms with Gasteiger partial charge >= 0.3 is 0 Å². The first-order valence-electron chi connectivity index (χ1n) is 6.85. The third-order valence-corrected chi connectivity index (χ3v) is 4.41. The Morgan fingerprint density at radius 2 is 1.78 bits per heavy atom. The number of allylic oxidation sites excluding steroid dienone is 2. The number of hydrogen-bond donors (Lipinski definition) is 2. The van der Waals surface area contributed by atoms with Crippen LogP contribution in [0.15, 0.2) is 24.3 Å². The summed E-state index contributed by atoms with van der Waals surface area (Å²) in [4.78, 5) is 2.22. The van der Waals surface area contributed by atoms with Gasteiger partial charge in [-0.3, -0.25) is 4.90 Å². The molecule has 1 aliphatic carbocycles. The Labute approximate surface area is 111 Å². The molecule has 2 N–H and O–H groups in total. The van der Waals surface area contributed by atoms with Gasteiger partial charge in [0.05, 0.1) is 13.2 Å². The number of hydrogen-bond acceptors (Lipinski definition) is 3. The number of aliphatic hydroxyl groups excluding tert-OH is 2. The van der Waals surface area contributed by atoms with Gasteiger partial charge < -0.3 is 10.2 Å². The molecule has 0 aromatic heterocycles. The van der Waals surface area contributed by atoms with Gasteiger partial charge in [-0.15, -0.1) is 0 Å². The van der Waals surface area contributed by atoms with Crippen molar-refractivity contribution < 1.29 is 10.2 Å². The van der Waals surface area contributed by atoms with Crippen LogP contribution in [0.2, 0.25) is 0 Å². The molecule has 0 amide bonds. The van der Waals surface area contributed by atoms with Gasteiger partial charge in [-0.05, 0) is 18.3 Å². The van der Waals surface area contributed by atoms with Gasteiger partial charge in [0.15, 0.2) is 0 Å². The van der Waals surface area contributed by atoms with Crippen molar-refractivity contribution in [1.29, 1.82) is 0 Å². The van der Waals surface area contributed by atoms with Crippen molar-refractivity contribution in [2.24, 2.45) is 5.41 Å². The molecule has 0 aromatic carbocycles. The average molecular weight is 253 g/mol. The lowest BCUT2D eigenvalue weighted by Crippen LogP contribution is -2.58. The molecule has 0 fully saturated rings. The summed E-state index contributed by atoms with van der Waals surface area (Å²) in [7, 11) is 0. The summed E-state index contributed by atoms with van der Waals surface area (Å²) >= 11 is 0. The van der Waals surface area contributed by atoms with E-state index in [1.807, 2.05) is 0 Å². The van der Waals surface area contributed by atoms with E-state index in [0.29, 0.717) is 13.1 Å². The zero-order chi connectivity index (χ0) is 13.6. The molecule has 0 saturated heterocycles. The van der Waals surface area contributed by atoms with Gasteiger partial charge in [0, 0.05) is 18.6 Å². The minimum atomic E-state index is -0.109. The van der Waals surface area contributed by atoms with E-state index >= 15 is 0 Å². The second-order valence-corrected chi connectivity index (χ2v) is 5.59. The maximum absolute atomic E-state index is 9.28. The highest BCUT2D eigenvalue weighted by Gasteiger charge is 2.45. The third kappa shape index (κ3) is 2.85. The van der Waals surface area contributed by atoms with Crippen LogP contribution in [0.1, 0.15) is 33.6 Å². The highest BCUT2D eigenvalue weighted by molar-refractivity contribution is 5.25. The van der Waals surface area contributed by atoms with Crippen LogP contribution in [0.3, 0.4) is 0 Å². The van der Waals surface area contributed by atoms with Gasteiger partial charge in [0.1, 0.15) is 0 Å². The molecule has 0 heterocycles. The number of aliphatic hydroxyl groups is 2. The van der Waals surface area contributed by atoms with E-state index in [-0.39, 0.29) is 24.2 Å². The largest absolute Gasteiger partial charge is 0.395 e. The maximum atomic E-state index is 9.28. The van der Waals surface area contributed by atoms with Gasteiger partial charge in [-0.1, -0.05) is 45.1 Å². The van der Waals surface area contributed by atoms with E-state index in [9.17, 15) is 10.2 Å². The smallest absolute Gasteiger partial charge is 0.0558 e. The minimum Gasteiger partial charge on any atom is -0.395 e. The molecule has 1 unspecified atom stereocenters. The van der Waals surface area contributed by atoms with Crippen molar-refractivity contribution in [3.05, 3.63) is 24.3 Å². The lowest BCUT2D eigenvalue weighted by Gasteiger charge is -2.52. The normalized spacial score (nSPS) is 23.9.